The molecular weight excluding hydrogens is 182 g/mol. The summed E-state index contributed by atoms with van der Waals surface area (Å²) in [7, 11) is 0. The van der Waals surface area contributed by atoms with E-state index in [9.17, 15) is 0 Å². The number of hydrogen-bond donors (Lipinski definition) is 0. The van der Waals surface area contributed by atoms with Crippen molar-refractivity contribution >= 4 is 5.70 Å². The van der Waals surface area contributed by atoms with Crippen molar-refractivity contribution in [3.05, 3.63) is 42.0 Å². The Balaban J connectivity index is 2.21. The summed E-state index contributed by atoms with van der Waals surface area (Å²) in [6.07, 6.45) is 7.07. The summed E-state index contributed by atoms with van der Waals surface area (Å²) in [5.74, 6) is 0. The van der Waals surface area contributed by atoms with Crippen LogP contribution < -0.4 is 0 Å². The summed E-state index contributed by atoms with van der Waals surface area (Å²) >= 11 is 0. The topological polar surface area (TPSA) is 3.24 Å². The van der Waals surface area contributed by atoms with Crippen LogP contribution in [0.25, 0.3) is 5.70 Å². The Bertz CT molecular complexity index is 326. The zero-order valence-corrected chi connectivity index (χ0v) is 9.37. The van der Waals surface area contributed by atoms with Crippen molar-refractivity contribution in [3.63, 3.8) is 0 Å². The molecule has 1 aromatic rings. The van der Waals surface area contributed by atoms with Crippen LogP contribution in [0.4, 0.5) is 0 Å². The number of rotatable bonds is 3. The molecule has 2 rings (SSSR count). The van der Waals surface area contributed by atoms with Gasteiger partial charge in [0, 0.05) is 18.8 Å². The SMILES string of the molecule is CCCN1CCC[C]=C1c1ccccc1. The van der Waals surface area contributed by atoms with E-state index in [1.165, 1.54) is 30.6 Å². The fourth-order valence-electron chi connectivity index (χ4n) is 2.07. The molecule has 0 unspecified atom stereocenters. The Kier molecular flexibility index (Phi) is 3.44. The maximum Gasteiger partial charge on any atom is 0.0475 e. The van der Waals surface area contributed by atoms with E-state index in [0.717, 1.165) is 13.0 Å². The lowest BCUT2D eigenvalue weighted by Crippen LogP contribution is -2.26. The average Bonchev–Trinajstić information content (AvgIpc) is 2.31. The minimum atomic E-state index is 1.10. The standard InChI is InChI=1S/C14H18N/c1-2-11-15-12-7-6-10-14(15)13-8-4-3-5-9-13/h3-5,8-9H,2,6-7,11-12H2,1H3. The quantitative estimate of drug-likeness (QED) is 0.723. The molecule has 15 heavy (non-hydrogen) atoms. The van der Waals surface area contributed by atoms with E-state index in [1.54, 1.807) is 0 Å². The minimum absolute atomic E-state index is 1.10. The van der Waals surface area contributed by atoms with Gasteiger partial charge in [0.05, 0.1) is 0 Å². The van der Waals surface area contributed by atoms with Crippen molar-refractivity contribution < 1.29 is 0 Å². The van der Waals surface area contributed by atoms with E-state index >= 15 is 0 Å². The second kappa shape index (κ2) is 5.01. The number of allylic oxidation sites excluding steroid dienone is 1. The number of benzene rings is 1. The number of hydrogen-bond acceptors (Lipinski definition) is 1. The lowest BCUT2D eigenvalue weighted by Gasteiger charge is -2.30. The van der Waals surface area contributed by atoms with Crippen LogP contribution in [0.5, 0.6) is 0 Å². The van der Waals surface area contributed by atoms with Crippen molar-refractivity contribution in [3.8, 4) is 0 Å². The van der Waals surface area contributed by atoms with Gasteiger partial charge in [0.25, 0.3) is 0 Å². The van der Waals surface area contributed by atoms with Gasteiger partial charge >= 0.3 is 0 Å². The van der Waals surface area contributed by atoms with E-state index in [1.807, 2.05) is 0 Å². The molecule has 0 fully saturated rings. The molecule has 1 nitrogen and oxygen atoms in total. The van der Waals surface area contributed by atoms with Crippen LogP contribution in [-0.2, 0) is 0 Å². The Labute approximate surface area is 92.4 Å². The highest BCUT2D eigenvalue weighted by atomic mass is 15.1. The van der Waals surface area contributed by atoms with E-state index in [-0.39, 0.29) is 0 Å². The maximum atomic E-state index is 3.51. The van der Waals surface area contributed by atoms with Gasteiger partial charge in [-0.05, 0) is 30.9 Å². The molecule has 0 N–H and O–H groups in total. The molecule has 0 saturated heterocycles. The molecule has 1 heterocycles. The zero-order valence-electron chi connectivity index (χ0n) is 9.37. The third kappa shape index (κ3) is 2.41. The van der Waals surface area contributed by atoms with Crippen LogP contribution in [0.2, 0.25) is 0 Å². The molecule has 0 atom stereocenters. The monoisotopic (exact) mass is 200 g/mol. The van der Waals surface area contributed by atoms with Crippen LogP contribution in [0.3, 0.4) is 0 Å². The molecule has 79 valence electrons. The summed E-state index contributed by atoms with van der Waals surface area (Å²) in [6.45, 7) is 4.57. The highest BCUT2D eigenvalue weighted by Crippen LogP contribution is 2.23. The first-order valence-corrected chi connectivity index (χ1v) is 5.83. The summed E-state index contributed by atoms with van der Waals surface area (Å²) in [6, 6.07) is 10.6. The highest BCUT2D eigenvalue weighted by molar-refractivity contribution is 5.62. The molecule has 0 aliphatic carbocycles. The Morgan fingerprint density at radius 1 is 1.27 bits per heavy atom. The van der Waals surface area contributed by atoms with Gasteiger partial charge in [-0.25, -0.2) is 0 Å². The van der Waals surface area contributed by atoms with E-state index in [2.05, 4.69) is 48.2 Å². The van der Waals surface area contributed by atoms with Crippen LogP contribution >= 0.6 is 0 Å². The van der Waals surface area contributed by atoms with Gasteiger partial charge in [0.2, 0.25) is 0 Å². The van der Waals surface area contributed by atoms with Gasteiger partial charge in [-0.2, -0.15) is 0 Å². The van der Waals surface area contributed by atoms with E-state index < -0.39 is 0 Å². The normalized spacial score (nSPS) is 16.3. The van der Waals surface area contributed by atoms with Crippen LogP contribution in [0.15, 0.2) is 30.3 Å². The number of nitrogens with zero attached hydrogens (tertiary/aromatic N) is 1. The second-order valence-corrected chi connectivity index (χ2v) is 3.98. The van der Waals surface area contributed by atoms with Gasteiger partial charge in [0.15, 0.2) is 0 Å². The third-order valence-corrected chi connectivity index (χ3v) is 2.75. The van der Waals surface area contributed by atoms with Crippen LogP contribution in [0, 0.1) is 6.08 Å². The summed E-state index contributed by atoms with van der Waals surface area (Å²) < 4.78 is 0. The average molecular weight is 200 g/mol. The van der Waals surface area contributed by atoms with Crippen molar-refractivity contribution in [2.24, 2.45) is 0 Å². The first-order chi connectivity index (χ1) is 7.42. The molecule has 1 radical (unpaired) electrons. The Hall–Kier alpha value is -1.24. The molecule has 1 aliphatic rings. The molecule has 0 amide bonds. The third-order valence-electron chi connectivity index (χ3n) is 2.75. The lowest BCUT2D eigenvalue weighted by molar-refractivity contribution is 0.373. The maximum absolute atomic E-state index is 3.51. The van der Waals surface area contributed by atoms with E-state index in [4.69, 9.17) is 0 Å². The molecule has 1 aromatic carbocycles. The molecule has 0 spiro atoms. The van der Waals surface area contributed by atoms with Crippen LogP contribution in [-0.4, -0.2) is 18.0 Å². The van der Waals surface area contributed by atoms with Gasteiger partial charge < -0.3 is 4.90 Å². The van der Waals surface area contributed by atoms with Gasteiger partial charge in [-0.3, -0.25) is 0 Å². The molecule has 0 saturated carbocycles. The van der Waals surface area contributed by atoms with E-state index in [0.29, 0.717) is 0 Å². The zero-order chi connectivity index (χ0) is 10.5. The fraction of sp³-hybridized carbons (Fsp3) is 0.429. The summed E-state index contributed by atoms with van der Waals surface area (Å²) in [4.78, 5) is 2.46. The molecule has 0 aromatic heterocycles. The Morgan fingerprint density at radius 2 is 2.07 bits per heavy atom. The summed E-state index contributed by atoms with van der Waals surface area (Å²) in [5.41, 5.74) is 2.62. The van der Waals surface area contributed by atoms with Crippen molar-refractivity contribution in [1.82, 2.24) is 4.90 Å². The Morgan fingerprint density at radius 3 is 2.80 bits per heavy atom. The molecule has 1 aliphatic heterocycles. The summed E-state index contributed by atoms with van der Waals surface area (Å²) in [5, 5.41) is 0. The highest BCUT2D eigenvalue weighted by Gasteiger charge is 2.13. The lowest BCUT2D eigenvalue weighted by atomic mass is 10.0. The van der Waals surface area contributed by atoms with Crippen molar-refractivity contribution in [1.29, 1.82) is 0 Å². The van der Waals surface area contributed by atoms with Gasteiger partial charge in [0.1, 0.15) is 0 Å². The molecule has 1 heteroatoms. The van der Waals surface area contributed by atoms with Crippen molar-refractivity contribution in [2.75, 3.05) is 13.1 Å². The van der Waals surface area contributed by atoms with Crippen LogP contribution in [0.1, 0.15) is 31.7 Å². The predicted octanol–water partition coefficient (Wildman–Crippen LogP) is 3.34. The van der Waals surface area contributed by atoms with Gasteiger partial charge in [-0.1, -0.05) is 37.3 Å². The minimum Gasteiger partial charge on any atom is -0.371 e. The van der Waals surface area contributed by atoms with Gasteiger partial charge in [-0.15, -0.1) is 0 Å². The first kappa shape index (κ1) is 10.3. The molecule has 0 bridgehead atoms. The first-order valence-electron chi connectivity index (χ1n) is 5.83. The largest absolute Gasteiger partial charge is 0.371 e. The predicted molar refractivity (Wildman–Crippen MR) is 64.2 cm³/mol. The fourth-order valence-corrected chi connectivity index (χ4v) is 2.07. The molecular formula is C14H18N. The second-order valence-electron chi connectivity index (χ2n) is 3.98. The van der Waals surface area contributed by atoms with Crippen molar-refractivity contribution in [2.45, 2.75) is 26.2 Å². The smallest absolute Gasteiger partial charge is 0.0475 e.